The fourth-order valence-corrected chi connectivity index (χ4v) is 4.05. The lowest BCUT2D eigenvalue weighted by Crippen LogP contribution is -2.13. The Morgan fingerprint density at radius 3 is 1.84 bits per heavy atom. The lowest BCUT2D eigenvalue weighted by molar-refractivity contribution is -0.116. The van der Waals surface area contributed by atoms with Gasteiger partial charge in [-0.25, -0.2) is 8.42 Å². The van der Waals surface area contributed by atoms with Gasteiger partial charge in [0.05, 0.1) is 4.90 Å². The van der Waals surface area contributed by atoms with E-state index in [0.717, 1.165) is 11.1 Å². The van der Waals surface area contributed by atoms with Crippen LogP contribution in [0.25, 0.3) is 0 Å². The van der Waals surface area contributed by atoms with Gasteiger partial charge in [0.15, 0.2) is 0 Å². The number of hydrogen-bond acceptors (Lipinski definition) is 4. The summed E-state index contributed by atoms with van der Waals surface area (Å²) in [6, 6.07) is 20.4. The van der Waals surface area contributed by atoms with Gasteiger partial charge in [0.1, 0.15) is 0 Å². The summed E-state index contributed by atoms with van der Waals surface area (Å²) in [4.78, 5) is 23.4. The second-order valence-electron chi connectivity index (χ2n) is 7.42. The zero-order valence-corrected chi connectivity index (χ0v) is 18.7. The highest BCUT2D eigenvalue weighted by molar-refractivity contribution is 7.92. The Bertz CT molecular complexity index is 1190. The maximum Gasteiger partial charge on any atom is 0.261 e. The average molecular weight is 452 g/mol. The molecule has 166 valence electrons. The van der Waals surface area contributed by atoms with Gasteiger partial charge in [-0.2, -0.15) is 0 Å². The fraction of sp³-hybridized carbons (Fsp3) is 0.167. The van der Waals surface area contributed by atoms with Gasteiger partial charge in [0.2, 0.25) is 11.8 Å². The Morgan fingerprint density at radius 2 is 1.28 bits per heavy atom. The zero-order chi connectivity index (χ0) is 23.1. The van der Waals surface area contributed by atoms with Crippen molar-refractivity contribution >= 4 is 38.9 Å². The van der Waals surface area contributed by atoms with Crippen LogP contribution in [0.4, 0.5) is 17.1 Å². The quantitative estimate of drug-likeness (QED) is 0.474. The van der Waals surface area contributed by atoms with Gasteiger partial charge in [0.25, 0.3) is 10.0 Å². The molecule has 0 saturated carbocycles. The first kappa shape index (κ1) is 23.0. The van der Waals surface area contributed by atoms with Crippen LogP contribution in [0, 0.1) is 6.92 Å². The molecule has 3 rings (SSSR count). The van der Waals surface area contributed by atoms with Gasteiger partial charge < -0.3 is 10.6 Å². The van der Waals surface area contributed by atoms with Crippen molar-refractivity contribution in [3.63, 3.8) is 0 Å². The highest BCUT2D eigenvalue weighted by Gasteiger charge is 2.14. The van der Waals surface area contributed by atoms with Crippen LogP contribution in [0.3, 0.4) is 0 Å². The molecule has 0 spiro atoms. The third-order valence-electron chi connectivity index (χ3n) is 4.67. The number of carbonyl (C=O) groups is 2. The third kappa shape index (κ3) is 6.68. The lowest BCUT2D eigenvalue weighted by atomic mass is 10.1. The van der Waals surface area contributed by atoms with Crippen molar-refractivity contribution in [3.05, 3.63) is 83.9 Å². The Balaban J connectivity index is 1.53. The molecule has 0 aromatic heterocycles. The number of rotatable bonds is 8. The monoisotopic (exact) mass is 451 g/mol. The number of nitrogens with one attached hydrogen (secondary N) is 3. The highest BCUT2D eigenvalue weighted by Crippen LogP contribution is 2.18. The molecule has 3 N–H and O–H groups in total. The van der Waals surface area contributed by atoms with Crippen LogP contribution < -0.4 is 15.4 Å². The molecule has 0 heterocycles. The summed E-state index contributed by atoms with van der Waals surface area (Å²) in [5.41, 5.74) is 3.69. The summed E-state index contributed by atoms with van der Waals surface area (Å²) < 4.78 is 27.7. The minimum atomic E-state index is -3.68. The number of sulfonamides is 1. The predicted molar refractivity (Wildman–Crippen MR) is 126 cm³/mol. The van der Waals surface area contributed by atoms with E-state index < -0.39 is 10.0 Å². The van der Waals surface area contributed by atoms with Gasteiger partial charge in [-0.05, 0) is 67.4 Å². The molecule has 3 aromatic carbocycles. The van der Waals surface area contributed by atoms with Crippen molar-refractivity contribution in [2.75, 3.05) is 15.4 Å². The first-order chi connectivity index (χ1) is 15.2. The van der Waals surface area contributed by atoms with Crippen molar-refractivity contribution in [1.82, 2.24) is 0 Å². The fourth-order valence-electron chi connectivity index (χ4n) is 2.99. The van der Waals surface area contributed by atoms with Crippen molar-refractivity contribution in [3.8, 4) is 0 Å². The Hall–Kier alpha value is -3.65. The first-order valence-electron chi connectivity index (χ1n) is 10.1. The molecule has 0 aliphatic rings. The molecule has 0 bridgehead atoms. The SMILES string of the molecule is CC(=O)Nc1ccc(NC(=O)CCc2ccc(S(=O)(=O)Nc3ccc(C)cc3)cc2)cc1. The minimum absolute atomic E-state index is 0.157. The second-order valence-corrected chi connectivity index (χ2v) is 9.10. The van der Waals surface area contributed by atoms with Crippen LogP contribution in [-0.4, -0.2) is 20.2 Å². The molecule has 3 aromatic rings. The standard InChI is InChI=1S/C24H25N3O4S/c1-17-3-8-22(9-4-17)27-32(30,31)23-14-5-19(6-15-23)7-16-24(29)26-21-12-10-20(11-13-21)25-18(2)28/h3-6,8-15,27H,7,16H2,1-2H3,(H,25,28)(H,26,29). The summed E-state index contributed by atoms with van der Waals surface area (Å²) in [6.45, 7) is 3.36. The van der Waals surface area contributed by atoms with Crippen LogP contribution in [0.2, 0.25) is 0 Å². The van der Waals surface area contributed by atoms with E-state index in [0.29, 0.717) is 23.5 Å². The summed E-state index contributed by atoms with van der Waals surface area (Å²) >= 11 is 0. The number of aryl methyl sites for hydroxylation is 2. The molecular formula is C24H25N3O4S. The van der Waals surface area contributed by atoms with Crippen LogP contribution in [0.1, 0.15) is 24.5 Å². The van der Waals surface area contributed by atoms with Gasteiger partial charge in [-0.15, -0.1) is 0 Å². The van der Waals surface area contributed by atoms with Crippen molar-refractivity contribution in [2.24, 2.45) is 0 Å². The van der Waals surface area contributed by atoms with Crippen molar-refractivity contribution < 1.29 is 18.0 Å². The first-order valence-corrected chi connectivity index (χ1v) is 11.6. The summed E-state index contributed by atoms with van der Waals surface area (Å²) in [7, 11) is -3.68. The van der Waals surface area contributed by atoms with Gasteiger partial charge >= 0.3 is 0 Å². The van der Waals surface area contributed by atoms with E-state index in [1.807, 2.05) is 19.1 Å². The van der Waals surface area contributed by atoms with E-state index >= 15 is 0 Å². The normalized spacial score (nSPS) is 10.9. The Labute approximate surface area is 187 Å². The number of hydrogen-bond donors (Lipinski definition) is 3. The molecule has 2 amide bonds. The average Bonchev–Trinajstić information content (AvgIpc) is 2.75. The molecule has 7 nitrogen and oxygen atoms in total. The number of amides is 2. The summed E-state index contributed by atoms with van der Waals surface area (Å²) in [5.74, 6) is -0.318. The van der Waals surface area contributed by atoms with Gasteiger partial charge in [-0.1, -0.05) is 29.8 Å². The van der Waals surface area contributed by atoms with Crippen LogP contribution in [0.5, 0.6) is 0 Å². The van der Waals surface area contributed by atoms with E-state index in [1.165, 1.54) is 19.1 Å². The van der Waals surface area contributed by atoms with E-state index in [1.54, 1.807) is 48.5 Å². The molecular weight excluding hydrogens is 426 g/mol. The van der Waals surface area contributed by atoms with Gasteiger partial charge in [-0.3, -0.25) is 14.3 Å². The molecule has 0 aliphatic carbocycles. The predicted octanol–water partition coefficient (Wildman–Crippen LogP) is 4.33. The van der Waals surface area contributed by atoms with E-state index in [4.69, 9.17) is 0 Å². The molecule has 0 saturated heterocycles. The summed E-state index contributed by atoms with van der Waals surface area (Å²) in [6.07, 6.45) is 0.725. The number of benzene rings is 3. The third-order valence-corrected chi connectivity index (χ3v) is 6.06. The molecule has 0 unspecified atom stereocenters. The van der Waals surface area contributed by atoms with E-state index in [2.05, 4.69) is 15.4 Å². The number of anilines is 3. The maximum absolute atomic E-state index is 12.6. The molecule has 0 aliphatic heterocycles. The smallest absolute Gasteiger partial charge is 0.261 e. The molecule has 0 atom stereocenters. The lowest BCUT2D eigenvalue weighted by Gasteiger charge is -2.10. The van der Waals surface area contributed by atoms with Crippen LogP contribution in [0.15, 0.2) is 77.7 Å². The Kier molecular flexibility index (Phi) is 7.27. The van der Waals surface area contributed by atoms with Gasteiger partial charge in [0, 0.05) is 30.4 Å². The topological polar surface area (TPSA) is 104 Å². The largest absolute Gasteiger partial charge is 0.326 e. The van der Waals surface area contributed by atoms with Crippen LogP contribution >= 0.6 is 0 Å². The summed E-state index contributed by atoms with van der Waals surface area (Å²) in [5, 5.41) is 5.47. The van der Waals surface area contributed by atoms with E-state index in [9.17, 15) is 18.0 Å². The Morgan fingerprint density at radius 1 is 0.750 bits per heavy atom. The minimum Gasteiger partial charge on any atom is -0.326 e. The number of carbonyl (C=O) groups excluding carboxylic acids is 2. The van der Waals surface area contributed by atoms with Crippen molar-refractivity contribution in [2.45, 2.75) is 31.6 Å². The van der Waals surface area contributed by atoms with Crippen LogP contribution in [-0.2, 0) is 26.0 Å². The highest BCUT2D eigenvalue weighted by atomic mass is 32.2. The maximum atomic E-state index is 12.6. The van der Waals surface area contributed by atoms with E-state index in [-0.39, 0.29) is 23.1 Å². The molecule has 0 radical (unpaired) electrons. The zero-order valence-electron chi connectivity index (χ0n) is 17.9. The molecule has 32 heavy (non-hydrogen) atoms. The molecule has 0 fully saturated rings. The van der Waals surface area contributed by atoms with Crippen molar-refractivity contribution in [1.29, 1.82) is 0 Å². The second kappa shape index (κ2) is 10.1. The molecule has 8 heteroatoms.